The molecular formula is C14H23N3O. The van der Waals surface area contributed by atoms with Crippen molar-refractivity contribution in [3.05, 3.63) is 23.8 Å². The van der Waals surface area contributed by atoms with Crippen LogP contribution in [0, 0.1) is 5.92 Å². The highest BCUT2D eigenvalue weighted by atomic mass is 16.1. The number of carbonyl (C=O) groups is 1. The maximum Gasteiger partial charge on any atom is 0.251 e. The number of benzene rings is 1. The lowest BCUT2D eigenvalue weighted by Crippen LogP contribution is -2.25. The number of hydrogen-bond acceptors (Lipinski definition) is 3. The maximum absolute atomic E-state index is 11.8. The van der Waals surface area contributed by atoms with Gasteiger partial charge in [0, 0.05) is 25.7 Å². The van der Waals surface area contributed by atoms with Gasteiger partial charge in [-0.05, 0) is 31.0 Å². The molecule has 0 aliphatic rings. The van der Waals surface area contributed by atoms with Crippen molar-refractivity contribution in [2.45, 2.75) is 20.8 Å². The van der Waals surface area contributed by atoms with Gasteiger partial charge in [0.25, 0.3) is 5.91 Å². The summed E-state index contributed by atoms with van der Waals surface area (Å²) in [7, 11) is 1.99. The first-order valence-electron chi connectivity index (χ1n) is 6.34. The van der Waals surface area contributed by atoms with Gasteiger partial charge in [0.1, 0.15) is 0 Å². The SMILES string of the molecule is CCNC(=O)c1ccc(N)c(N(C)CC(C)C)c1. The van der Waals surface area contributed by atoms with Crippen LogP contribution in [0.2, 0.25) is 0 Å². The van der Waals surface area contributed by atoms with Gasteiger partial charge in [-0.25, -0.2) is 0 Å². The van der Waals surface area contributed by atoms with Crippen LogP contribution in [0.1, 0.15) is 31.1 Å². The van der Waals surface area contributed by atoms with E-state index in [1.807, 2.05) is 20.0 Å². The molecule has 0 saturated heterocycles. The number of nitrogens with two attached hydrogens (primary N) is 1. The lowest BCUT2D eigenvalue weighted by atomic mass is 10.1. The van der Waals surface area contributed by atoms with E-state index in [4.69, 9.17) is 5.73 Å². The molecule has 18 heavy (non-hydrogen) atoms. The number of nitrogen functional groups attached to an aromatic ring is 1. The predicted octanol–water partition coefficient (Wildman–Crippen LogP) is 2.11. The lowest BCUT2D eigenvalue weighted by Gasteiger charge is -2.23. The highest BCUT2D eigenvalue weighted by Crippen LogP contribution is 2.24. The fourth-order valence-electron chi connectivity index (χ4n) is 1.92. The summed E-state index contributed by atoms with van der Waals surface area (Å²) in [5, 5.41) is 2.79. The number of amides is 1. The first-order valence-corrected chi connectivity index (χ1v) is 6.34. The van der Waals surface area contributed by atoms with Gasteiger partial charge in [0.2, 0.25) is 0 Å². The largest absolute Gasteiger partial charge is 0.397 e. The zero-order valence-corrected chi connectivity index (χ0v) is 11.7. The van der Waals surface area contributed by atoms with Crippen molar-refractivity contribution in [3.63, 3.8) is 0 Å². The Kier molecular flexibility index (Phi) is 5.01. The van der Waals surface area contributed by atoms with E-state index >= 15 is 0 Å². The molecule has 0 unspecified atom stereocenters. The summed E-state index contributed by atoms with van der Waals surface area (Å²) in [5.74, 6) is 0.485. The third-order valence-corrected chi connectivity index (χ3v) is 2.68. The number of rotatable bonds is 5. The third-order valence-electron chi connectivity index (χ3n) is 2.68. The van der Waals surface area contributed by atoms with Crippen LogP contribution < -0.4 is 16.0 Å². The minimum absolute atomic E-state index is 0.0586. The van der Waals surface area contributed by atoms with Crippen molar-refractivity contribution in [3.8, 4) is 0 Å². The Balaban J connectivity index is 2.97. The van der Waals surface area contributed by atoms with Crippen LogP contribution in [-0.4, -0.2) is 26.0 Å². The molecule has 4 heteroatoms. The van der Waals surface area contributed by atoms with Gasteiger partial charge in [-0.2, -0.15) is 0 Å². The molecule has 1 aromatic carbocycles. The standard InChI is InChI=1S/C14H23N3O/c1-5-16-14(18)11-6-7-12(15)13(8-11)17(4)9-10(2)3/h6-8,10H,5,9,15H2,1-4H3,(H,16,18). The molecule has 0 spiro atoms. The Hall–Kier alpha value is -1.71. The quantitative estimate of drug-likeness (QED) is 0.786. The molecule has 100 valence electrons. The molecule has 1 aromatic rings. The van der Waals surface area contributed by atoms with Crippen LogP contribution in [0.5, 0.6) is 0 Å². The Morgan fingerprint density at radius 2 is 2.11 bits per heavy atom. The number of nitrogens with one attached hydrogen (secondary N) is 1. The van der Waals surface area contributed by atoms with Crippen LogP contribution >= 0.6 is 0 Å². The van der Waals surface area contributed by atoms with Crippen molar-refractivity contribution < 1.29 is 4.79 Å². The molecule has 0 heterocycles. The second-order valence-electron chi connectivity index (χ2n) is 4.91. The van der Waals surface area contributed by atoms with E-state index in [-0.39, 0.29) is 5.91 Å². The molecule has 0 atom stereocenters. The monoisotopic (exact) mass is 249 g/mol. The Morgan fingerprint density at radius 1 is 1.44 bits per heavy atom. The van der Waals surface area contributed by atoms with Gasteiger partial charge in [0.05, 0.1) is 11.4 Å². The van der Waals surface area contributed by atoms with E-state index in [0.29, 0.717) is 23.7 Å². The van der Waals surface area contributed by atoms with E-state index in [2.05, 4.69) is 24.1 Å². The molecule has 0 fully saturated rings. The van der Waals surface area contributed by atoms with Crippen LogP contribution in [0.15, 0.2) is 18.2 Å². The topological polar surface area (TPSA) is 58.4 Å². The molecule has 3 N–H and O–H groups in total. The van der Waals surface area contributed by atoms with Crippen molar-refractivity contribution in [2.75, 3.05) is 30.8 Å². The van der Waals surface area contributed by atoms with Crippen LogP contribution in [0.25, 0.3) is 0 Å². The molecule has 0 aliphatic heterocycles. The second-order valence-corrected chi connectivity index (χ2v) is 4.91. The van der Waals surface area contributed by atoms with Crippen LogP contribution in [0.3, 0.4) is 0 Å². The number of carbonyl (C=O) groups excluding carboxylic acids is 1. The van der Waals surface area contributed by atoms with Gasteiger partial charge in [-0.3, -0.25) is 4.79 Å². The highest BCUT2D eigenvalue weighted by molar-refractivity contribution is 5.96. The normalized spacial score (nSPS) is 10.5. The number of anilines is 2. The second kappa shape index (κ2) is 6.28. The van der Waals surface area contributed by atoms with Gasteiger partial charge in [-0.1, -0.05) is 13.8 Å². The Bertz CT molecular complexity index is 416. The smallest absolute Gasteiger partial charge is 0.251 e. The average molecular weight is 249 g/mol. The van der Waals surface area contributed by atoms with E-state index in [1.165, 1.54) is 0 Å². The number of nitrogens with zero attached hydrogens (tertiary/aromatic N) is 1. The van der Waals surface area contributed by atoms with Gasteiger partial charge in [-0.15, -0.1) is 0 Å². The van der Waals surface area contributed by atoms with E-state index in [0.717, 1.165) is 12.2 Å². The Morgan fingerprint density at radius 3 is 2.67 bits per heavy atom. The first kappa shape index (κ1) is 14.4. The lowest BCUT2D eigenvalue weighted by molar-refractivity contribution is 0.0956. The van der Waals surface area contributed by atoms with Crippen molar-refractivity contribution in [2.24, 2.45) is 5.92 Å². The average Bonchev–Trinajstić information content (AvgIpc) is 2.28. The Labute approximate surface area is 109 Å². The molecule has 0 bridgehead atoms. The molecule has 1 rings (SSSR count). The van der Waals surface area contributed by atoms with Crippen molar-refractivity contribution >= 4 is 17.3 Å². The summed E-state index contributed by atoms with van der Waals surface area (Å²) in [5.41, 5.74) is 8.23. The molecule has 0 saturated carbocycles. The van der Waals surface area contributed by atoms with Gasteiger partial charge < -0.3 is 16.0 Å². The van der Waals surface area contributed by atoms with Crippen LogP contribution in [0.4, 0.5) is 11.4 Å². The molecule has 0 aromatic heterocycles. The first-order chi connectivity index (χ1) is 8.45. The van der Waals surface area contributed by atoms with E-state index < -0.39 is 0 Å². The van der Waals surface area contributed by atoms with Gasteiger partial charge in [0.15, 0.2) is 0 Å². The summed E-state index contributed by atoms with van der Waals surface area (Å²) >= 11 is 0. The zero-order valence-electron chi connectivity index (χ0n) is 11.7. The van der Waals surface area contributed by atoms with E-state index in [1.54, 1.807) is 12.1 Å². The van der Waals surface area contributed by atoms with Crippen molar-refractivity contribution in [1.29, 1.82) is 0 Å². The van der Waals surface area contributed by atoms with Gasteiger partial charge >= 0.3 is 0 Å². The summed E-state index contributed by atoms with van der Waals surface area (Å²) < 4.78 is 0. The minimum atomic E-state index is -0.0586. The zero-order chi connectivity index (χ0) is 13.7. The summed E-state index contributed by atoms with van der Waals surface area (Å²) in [6.07, 6.45) is 0. The van der Waals surface area contributed by atoms with E-state index in [9.17, 15) is 4.79 Å². The van der Waals surface area contributed by atoms with Crippen molar-refractivity contribution in [1.82, 2.24) is 5.32 Å². The minimum Gasteiger partial charge on any atom is -0.397 e. The summed E-state index contributed by atoms with van der Waals surface area (Å²) in [6, 6.07) is 5.40. The summed E-state index contributed by atoms with van der Waals surface area (Å²) in [6.45, 7) is 7.74. The molecule has 0 aliphatic carbocycles. The fourth-order valence-corrected chi connectivity index (χ4v) is 1.92. The third kappa shape index (κ3) is 3.65. The van der Waals surface area contributed by atoms with Crippen LogP contribution in [-0.2, 0) is 0 Å². The maximum atomic E-state index is 11.8. The number of hydrogen-bond donors (Lipinski definition) is 2. The molecular weight excluding hydrogens is 226 g/mol. The predicted molar refractivity (Wildman–Crippen MR) is 77.0 cm³/mol. The molecule has 4 nitrogen and oxygen atoms in total. The molecule has 1 amide bonds. The highest BCUT2D eigenvalue weighted by Gasteiger charge is 2.11. The summed E-state index contributed by atoms with van der Waals surface area (Å²) in [4.78, 5) is 13.9. The molecule has 0 radical (unpaired) electrons. The fraction of sp³-hybridized carbons (Fsp3) is 0.500.